The van der Waals surface area contributed by atoms with Gasteiger partial charge in [-0.2, -0.15) is 0 Å². The summed E-state index contributed by atoms with van der Waals surface area (Å²) in [5.74, 6) is -0.831. The van der Waals surface area contributed by atoms with Gasteiger partial charge in [0.05, 0.1) is 10.5 Å². The number of hydrogen-bond donors (Lipinski definition) is 0. The molecule has 0 atom stereocenters. The molecule has 1 aliphatic carbocycles. The fraction of sp³-hybridized carbons (Fsp3) is 0.462. The van der Waals surface area contributed by atoms with Gasteiger partial charge < -0.3 is 4.90 Å². The molecule has 1 aromatic carbocycles. The zero-order chi connectivity index (χ0) is 14.9. The summed E-state index contributed by atoms with van der Waals surface area (Å²) in [6.45, 7) is 0.552. The molecule has 0 heterocycles. The molecule has 0 radical (unpaired) electrons. The summed E-state index contributed by atoms with van der Waals surface area (Å²) in [5, 5.41) is 0. The molecule has 1 saturated carbocycles. The van der Waals surface area contributed by atoms with Crippen LogP contribution < -0.4 is 0 Å². The molecule has 4 nitrogen and oxygen atoms in total. The summed E-state index contributed by atoms with van der Waals surface area (Å²) in [7, 11) is 2.81. The van der Waals surface area contributed by atoms with Gasteiger partial charge in [-0.15, -0.1) is 0 Å². The average Bonchev–Trinajstić information content (AvgIpc) is 2.31. The minimum atomic E-state index is -3.98. The van der Waals surface area contributed by atoms with Gasteiger partial charge in [0, 0.05) is 24.3 Å². The van der Waals surface area contributed by atoms with Crippen LogP contribution >= 0.6 is 10.7 Å². The molecular weight excluding hydrogens is 305 g/mol. The van der Waals surface area contributed by atoms with Crippen LogP contribution in [0.4, 0.5) is 4.39 Å². The van der Waals surface area contributed by atoms with Crippen molar-refractivity contribution in [3.05, 3.63) is 29.6 Å². The summed E-state index contributed by atoms with van der Waals surface area (Å²) in [4.78, 5) is 13.3. The Morgan fingerprint density at radius 3 is 2.60 bits per heavy atom. The summed E-state index contributed by atoms with van der Waals surface area (Å²) >= 11 is 0. The molecule has 0 spiro atoms. The summed E-state index contributed by atoms with van der Waals surface area (Å²) in [6.07, 6.45) is 3.29. The van der Waals surface area contributed by atoms with Gasteiger partial charge in [0.1, 0.15) is 5.82 Å². The third-order valence-corrected chi connectivity index (χ3v) is 4.90. The van der Waals surface area contributed by atoms with E-state index in [2.05, 4.69) is 0 Å². The molecule has 110 valence electrons. The second kappa shape index (κ2) is 5.69. The Labute approximate surface area is 121 Å². The van der Waals surface area contributed by atoms with Crippen molar-refractivity contribution < 1.29 is 17.6 Å². The average molecular weight is 320 g/mol. The second-order valence-electron chi connectivity index (χ2n) is 5.06. The topological polar surface area (TPSA) is 54.5 Å². The van der Waals surface area contributed by atoms with Crippen molar-refractivity contribution in [2.75, 3.05) is 13.6 Å². The van der Waals surface area contributed by atoms with E-state index in [1.807, 2.05) is 0 Å². The lowest BCUT2D eigenvalue weighted by Crippen LogP contribution is -2.34. The monoisotopic (exact) mass is 319 g/mol. The molecule has 0 saturated heterocycles. The third-order valence-electron chi connectivity index (χ3n) is 3.55. The van der Waals surface area contributed by atoms with Crippen molar-refractivity contribution in [3.8, 4) is 0 Å². The van der Waals surface area contributed by atoms with Crippen molar-refractivity contribution >= 4 is 25.6 Å². The van der Waals surface area contributed by atoms with Crippen LogP contribution in [0, 0.1) is 11.7 Å². The van der Waals surface area contributed by atoms with Gasteiger partial charge in [-0.3, -0.25) is 4.79 Å². The van der Waals surface area contributed by atoms with Crippen molar-refractivity contribution in [1.29, 1.82) is 0 Å². The lowest BCUT2D eigenvalue weighted by atomic mass is 9.85. The Morgan fingerprint density at radius 1 is 1.45 bits per heavy atom. The van der Waals surface area contributed by atoms with Crippen LogP contribution in [0.25, 0.3) is 0 Å². The normalized spacial score (nSPS) is 15.8. The maximum Gasteiger partial charge on any atom is 0.261 e. The maximum atomic E-state index is 13.7. The largest absolute Gasteiger partial charge is 0.341 e. The highest BCUT2D eigenvalue weighted by atomic mass is 35.7. The molecule has 0 N–H and O–H groups in total. The molecule has 2 rings (SSSR count). The molecular formula is C13H15ClFNO3S. The van der Waals surface area contributed by atoms with Gasteiger partial charge in [-0.05, 0) is 37.0 Å². The molecule has 0 bridgehead atoms. The fourth-order valence-corrected chi connectivity index (χ4v) is 2.95. The smallest absolute Gasteiger partial charge is 0.261 e. The Kier molecular flexibility index (Phi) is 4.34. The van der Waals surface area contributed by atoms with Crippen LogP contribution in [-0.2, 0) is 9.05 Å². The standard InChI is InChI=1S/C13H15ClFNO3S/c1-16(8-9-3-2-4-9)13(17)11-7-10(20(14,18)19)5-6-12(11)15/h5-7,9H,2-4,8H2,1H3. The van der Waals surface area contributed by atoms with E-state index in [0.717, 1.165) is 37.5 Å². The van der Waals surface area contributed by atoms with Gasteiger partial charge in [0.25, 0.3) is 15.0 Å². The minimum Gasteiger partial charge on any atom is -0.341 e. The van der Waals surface area contributed by atoms with E-state index in [1.165, 1.54) is 4.90 Å². The van der Waals surface area contributed by atoms with Crippen LogP contribution in [-0.4, -0.2) is 32.8 Å². The van der Waals surface area contributed by atoms with Crippen molar-refractivity contribution in [1.82, 2.24) is 4.90 Å². The van der Waals surface area contributed by atoms with Crippen LogP contribution in [0.3, 0.4) is 0 Å². The molecule has 0 aromatic heterocycles. The van der Waals surface area contributed by atoms with E-state index in [-0.39, 0.29) is 10.5 Å². The number of amides is 1. The fourth-order valence-electron chi connectivity index (χ4n) is 2.17. The van der Waals surface area contributed by atoms with E-state index in [1.54, 1.807) is 7.05 Å². The zero-order valence-corrected chi connectivity index (χ0v) is 12.5. The summed E-state index contributed by atoms with van der Waals surface area (Å²) in [5.41, 5.74) is -0.270. The number of nitrogens with zero attached hydrogens (tertiary/aromatic N) is 1. The number of benzene rings is 1. The SMILES string of the molecule is CN(CC1CCC1)C(=O)c1cc(S(=O)(=O)Cl)ccc1F. The van der Waals surface area contributed by atoms with Crippen molar-refractivity contribution in [3.63, 3.8) is 0 Å². The molecule has 20 heavy (non-hydrogen) atoms. The Morgan fingerprint density at radius 2 is 2.10 bits per heavy atom. The lowest BCUT2D eigenvalue weighted by Gasteiger charge is -2.30. The molecule has 1 aliphatic rings. The molecule has 0 unspecified atom stereocenters. The van der Waals surface area contributed by atoms with E-state index >= 15 is 0 Å². The lowest BCUT2D eigenvalue weighted by molar-refractivity contribution is 0.0740. The van der Waals surface area contributed by atoms with Gasteiger partial charge in [0.15, 0.2) is 0 Å². The Balaban J connectivity index is 2.23. The summed E-state index contributed by atoms with van der Waals surface area (Å²) < 4.78 is 36.2. The minimum absolute atomic E-state index is 0.270. The van der Waals surface area contributed by atoms with Crippen LogP contribution in [0.15, 0.2) is 23.1 Å². The number of halogens is 2. The Bertz CT molecular complexity index is 629. The second-order valence-corrected chi connectivity index (χ2v) is 7.63. The third kappa shape index (κ3) is 3.30. The number of carbonyl (C=O) groups excluding carboxylic acids is 1. The first-order chi connectivity index (χ1) is 9.29. The van der Waals surface area contributed by atoms with E-state index in [9.17, 15) is 17.6 Å². The highest BCUT2D eigenvalue weighted by molar-refractivity contribution is 8.13. The van der Waals surface area contributed by atoms with Crippen LogP contribution in [0.1, 0.15) is 29.6 Å². The van der Waals surface area contributed by atoms with Gasteiger partial charge >= 0.3 is 0 Å². The molecule has 1 fully saturated rings. The van der Waals surface area contributed by atoms with Crippen LogP contribution in [0.5, 0.6) is 0 Å². The van der Waals surface area contributed by atoms with Gasteiger partial charge in [-0.1, -0.05) is 6.42 Å². The van der Waals surface area contributed by atoms with E-state index in [4.69, 9.17) is 10.7 Å². The predicted octanol–water partition coefficient (Wildman–Crippen LogP) is 2.63. The zero-order valence-electron chi connectivity index (χ0n) is 11.0. The summed E-state index contributed by atoms with van der Waals surface area (Å²) in [6, 6.07) is 2.97. The first kappa shape index (κ1) is 15.3. The number of carbonyl (C=O) groups is 1. The molecule has 7 heteroatoms. The predicted molar refractivity (Wildman–Crippen MR) is 73.7 cm³/mol. The number of rotatable bonds is 4. The van der Waals surface area contributed by atoms with Crippen molar-refractivity contribution in [2.24, 2.45) is 5.92 Å². The highest BCUT2D eigenvalue weighted by Crippen LogP contribution is 2.27. The first-order valence-electron chi connectivity index (χ1n) is 6.28. The number of hydrogen-bond acceptors (Lipinski definition) is 3. The highest BCUT2D eigenvalue weighted by Gasteiger charge is 2.24. The maximum absolute atomic E-state index is 13.7. The van der Waals surface area contributed by atoms with Crippen molar-refractivity contribution in [2.45, 2.75) is 24.2 Å². The first-order valence-corrected chi connectivity index (χ1v) is 8.59. The van der Waals surface area contributed by atoms with E-state index in [0.29, 0.717) is 12.5 Å². The van der Waals surface area contributed by atoms with E-state index < -0.39 is 20.8 Å². The Hall–Kier alpha value is -1.14. The van der Waals surface area contributed by atoms with Gasteiger partial charge in [0.2, 0.25) is 0 Å². The van der Waals surface area contributed by atoms with Gasteiger partial charge in [-0.25, -0.2) is 12.8 Å². The van der Waals surface area contributed by atoms with Crippen LogP contribution in [0.2, 0.25) is 0 Å². The molecule has 0 aliphatic heterocycles. The quantitative estimate of drug-likeness (QED) is 0.802. The molecule has 1 amide bonds. The molecule has 1 aromatic rings.